The molecular weight excluding hydrogens is 609 g/mol. The standard InChI is InChI=1S/C27H21F3N6O5S2/c28-27(29,30)20-11-18(7-6-16(20)13-31)42(38,39)35-23(26-33-21-3-1-2-4-22(21)34-26)10-15-5-8-19(17(9-15)14-32)24-12-25(37)36-43(24,40)41/h1-9,11,23-24,35,40-41H,10,12H2,(H,33,34)(H,36,37)/t23-,24?/m0/s1. The molecule has 16 heteroatoms. The van der Waals surface area contributed by atoms with Gasteiger partial charge in [0.1, 0.15) is 11.1 Å². The van der Waals surface area contributed by atoms with Gasteiger partial charge in [-0.1, -0.05) is 24.3 Å². The van der Waals surface area contributed by atoms with Crippen LogP contribution in [-0.4, -0.2) is 33.4 Å². The molecule has 1 unspecified atom stereocenters. The van der Waals surface area contributed by atoms with Gasteiger partial charge >= 0.3 is 6.18 Å². The van der Waals surface area contributed by atoms with Crippen molar-refractivity contribution in [1.82, 2.24) is 19.4 Å². The number of sulfonamides is 1. The molecule has 43 heavy (non-hydrogen) atoms. The highest BCUT2D eigenvalue weighted by Crippen LogP contribution is 2.56. The number of rotatable bonds is 7. The van der Waals surface area contributed by atoms with Crippen molar-refractivity contribution in [3.63, 3.8) is 0 Å². The predicted octanol–water partition coefficient (Wildman–Crippen LogP) is 4.81. The number of alkyl halides is 3. The lowest BCUT2D eigenvalue weighted by molar-refractivity contribution is -0.138. The Morgan fingerprint density at radius 1 is 1.07 bits per heavy atom. The van der Waals surface area contributed by atoms with Crippen LogP contribution in [-0.2, 0) is 27.4 Å². The second-order valence-electron chi connectivity index (χ2n) is 9.68. The van der Waals surface area contributed by atoms with Gasteiger partial charge in [0.15, 0.2) is 0 Å². The molecule has 5 rings (SSSR count). The average molecular weight is 631 g/mol. The highest BCUT2D eigenvalue weighted by molar-refractivity contribution is 8.23. The maximum absolute atomic E-state index is 13.6. The molecule has 0 bridgehead atoms. The molecule has 5 N–H and O–H groups in total. The van der Waals surface area contributed by atoms with Crippen LogP contribution >= 0.6 is 10.8 Å². The maximum Gasteiger partial charge on any atom is 0.417 e. The fourth-order valence-corrected chi connectivity index (χ4v) is 7.54. The fourth-order valence-electron chi connectivity index (χ4n) is 4.81. The molecule has 222 valence electrons. The molecule has 1 aliphatic heterocycles. The topological polar surface area (TPSA) is 192 Å². The van der Waals surface area contributed by atoms with Crippen LogP contribution in [0.3, 0.4) is 0 Å². The summed E-state index contributed by atoms with van der Waals surface area (Å²) < 4.78 is 92.6. The van der Waals surface area contributed by atoms with E-state index >= 15 is 0 Å². The monoisotopic (exact) mass is 630 g/mol. The van der Waals surface area contributed by atoms with Crippen molar-refractivity contribution in [2.75, 3.05) is 0 Å². The van der Waals surface area contributed by atoms with Gasteiger partial charge in [-0.05, 0) is 53.9 Å². The number of para-hydroxylation sites is 2. The SMILES string of the molecule is N#Cc1cc(C[C@H](NS(=O)(=O)c2ccc(C#N)c(C(F)(F)F)c2)c2nc3ccccc3[nH]2)ccc1C1CC(=O)NS1(O)O. The van der Waals surface area contributed by atoms with Crippen LogP contribution in [0.2, 0.25) is 0 Å². The number of nitriles is 2. The van der Waals surface area contributed by atoms with Gasteiger partial charge in [0, 0.05) is 0 Å². The van der Waals surface area contributed by atoms with Gasteiger partial charge in [0.25, 0.3) is 0 Å². The second-order valence-corrected chi connectivity index (χ2v) is 13.4. The second kappa shape index (κ2) is 11.0. The third-order valence-corrected chi connectivity index (χ3v) is 10.0. The molecule has 0 saturated carbocycles. The Bertz CT molecular complexity index is 1910. The summed E-state index contributed by atoms with van der Waals surface area (Å²) in [6, 6.07) is 15.4. The molecule has 1 amide bonds. The normalized spacial score (nSPS) is 18.0. The lowest BCUT2D eigenvalue weighted by atomic mass is 9.97. The molecular formula is C27H21F3N6O5S2. The molecule has 3 aromatic carbocycles. The number of carbonyl (C=O) groups is 1. The summed E-state index contributed by atoms with van der Waals surface area (Å²) in [6.45, 7) is 0. The first-order valence-electron chi connectivity index (χ1n) is 12.4. The van der Waals surface area contributed by atoms with Crippen molar-refractivity contribution in [2.45, 2.75) is 35.2 Å². The highest BCUT2D eigenvalue weighted by atomic mass is 32.3. The molecule has 0 radical (unpaired) electrons. The number of fused-ring (bicyclic) bond motifs is 1. The van der Waals surface area contributed by atoms with Crippen LogP contribution in [0.15, 0.2) is 65.6 Å². The van der Waals surface area contributed by atoms with E-state index in [1.807, 2.05) is 6.07 Å². The number of hydrogen-bond acceptors (Lipinski definition) is 8. The first kappa shape index (κ1) is 30.0. The fraction of sp³-hybridized carbons (Fsp3) is 0.185. The zero-order chi connectivity index (χ0) is 31.2. The van der Waals surface area contributed by atoms with Crippen LogP contribution < -0.4 is 9.44 Å². The molecule has 2 heterocycles. The number of H-pyrrole nitrogens is 1. The Morgan fingerprint density at radius 2 is 1.79 bits per heavy atom. The first-order valence-corrected chi connectivity index (χ1v) is 15.5. The van der Waals surface area contributed by atoms with E-state index < -0.39 is 60.2 Å². The predicted molar refractivity (Wildman–Crippen MR) is 149 cm³/mol. The Morgan fingerprint density at radius 3 is 2.42 bits per heavy atom. The van der Waals surface area contributed by atoms with Gasteiger partial charge in [-0.25, -0.2) is 18.1 Å². The van der Waals surface area contributed by atoms with Crippen LogP contribution in [0.1, 0.15) is 51.4 Å². The van der Waals surface area contributed by atoms with E-state index in [4.69, 9.17) is 5.26 Å². The number of halogens is 3. The minimum absolute atomic E-state index is 0.0205. The van der Waals surface area contributed by atoms with Gasteiger partial charge in [-0.3, -0.25) is 18.6 Å². The van der Waals surface area contributed by atoms with Gasteiger partial charge in [-0.2, -0.15) is 23.7 Å². The van der Waals surface area contributed by atoms with E-state index in [1.165, 1.54) is 24.3 Å². The Hall–Kier alpha value is -4.45. The number of amides is 1. The Kier molecular flexibility index (Phi) is 7.68. The van der Waals surface area contributed by atoms with E-state index in [1.54, 1.807) is 24.3 Å². The number of imidazole rings is 1. The number of nitrogens with one attached hydrogen (secondary N) is 3. The van der Waals surface area contributed by atoms with Gasteiger partial charge in [0.2, 0.25) is 15.9 Å². The summed E-state index contributed by atoms with van der Waals surface area (Å²) >= 11 is 0. The van der Waals surface area contributed by atoms with E-state index in [0.717, 1.165) is 12.1 Å². The van der Waals surface area contributed by atoms with Gasteiger partial charge in [0.05, 0.1) is 57.2 Å². The zero-order valence-electron chi connectivity index (χ0n) is 21.8. The summed E-state index contributed by atoms with van der Waals surface area (Å²) in [4.78, 5) is 18.5. The minimum atomic E-state index is -4.98. The molecule has 1 aliphatic rings. The Labute approximate surface area is 244 Å². The zero-order valence-corrected chi connectivity index (χ0v) is 23.4. The molecule has 0 spiro atoms. The lowest BCUT2D eigenvalue weighted by Crippen LogP contribution is -2.31. The maximum atomic E-state index is 13.6. The molecule has 11 nitrogen and oxygen atoms in total. The summed E-state index contributed by atoms with van der Waals surface area (Å²) in [5.41, 5.74) is -0.446. The number of aromatic amines is 1. The number of hydrogen-bond donors (Lipinski definition) is 5. The number of nitrogens with zero attached hydrogens (tertiary/aromatic N) is 3. The third-order valence-electron chi connectivity index (χ3n) is 6.82. The van der Waals surface area contributed by atoms with E-state index in [-0.39, 0.29) is 29.8 Å². The molecule has 0 aliphatic carbocycles. The van der Waals surface area contributed by atoms with E-state index in [2.05, 4.69) is 19.4 Å². The van der Waals surface area contributed by atoms with E-state index in [0.29, 0.717) is 22.7 Å². The molecule has 1 saturated heterocycles. The largest absolute Gasteiger partial charge is 0.417 e. The number of carbonyl (C=O) groups excluding carboxylic acids is 1. The van der Waals surface area contributed by atoms with E-state index in [9.17, 15) is 40.8 Å². The summed E-state index contributed by atoms with van der Waals surface area (Å²) in [7, 11) is -8.17. The minimum Gasteiger partial charge on any atom is -0.341 e. The first-order chi connectivity index (χ1) is 20.2. The van der Waals surface area contributed by atoms with Crippen molar-refractivity contribution in [3.8, 4) is 12.1 Å². The van der Waals surface area contributed by atoms with Crippen molar-refractivity contribution >= 4 is 37.7 Å². The van der Waals surface area contributed by atoms with Crippen molar-refractivity contribution in [3.05, 3.63) is 94.3 Å². The Balaban J connectivity index is 1.54. The molecule has 1 fully saturated rings. The summed E-state index contributed by atoms with van der Waals surface area (Å²) in [5, 5.41) is 17.8. The number of benzene rings is 3. The highest BCUT2D eigenvalue weighted by Gasteiger charge is 2.39. The third kappa shape index (κ3) is 6.05. The molecule has 1 aromatic heterocycles. The van der Waals surface area contributed by atoms with Gasteiger partial charge < -0.3 is 4.98 Å². The van der Waals surface area contributed by atoms with Crippen molar-refractivity contribution in [1.29, 1.82) is 10.5 Å². The van der Waals surface area contributed by atoms with Crippen molar-refractivity contribution < 1.29 is 35.5 Å². The molecule has 2 atom stereocenters. The summed E-state index contributed by atoms with van der Waals surface area (Å²) in [6.07, 6.45) is -5.36. The number of aromatic nitrogens is 2. The lowest BCUT2D eigenvalue weighted by Gasteiger charge is -2.33. The van der Waals surface area contributed by atoms with Gasteiger partial charge in [-0.15, -0.1) is 10.8 Å². The van der Waals surface area contributed by atoms with Crippen LogP contribution in [0.25, 0.3) is 11.0 Å². The summed E-state index contributed by atoms with van der Waals surface area (Å²) in [5.74, 6) is -0.453. The van der Waals surface area contributed by atoms with Crippen molar-refractivity contribution in [2.24, 2.45) is 0 Å². The quantitative estimate of drug-likeness (QED) is 0.192. The smallest absolute Gasteiger partial charge is 0.341 e. The van der Waals surface area contributed by atoms with Crippen LogP contribution in [0.4, 0.5) is 13.2 Å². The van der Waals surface area contributed by atoms with Crippen LogP contribution in [0, 0.1) is 22.7 Å². The average Bonchev–Trinajstić information content (AvgIpc) is 3.50. The van der Waals surface area contributed by atoms with Crippen LogP contribution in [0.5, 0.6) is 0 Å². The molecule has 4 aromatic rings.